The second-order valence-corrected chi connectivity index (χ2v) is 10.8. The molecule has 1 amide bonds. The van der Waals surface area contributed by atoms with Gasteiger partial charge in [0.15, 0.2) is 6.61 Å². The highest BCUT2D eigenvalue weighted by molar-refractivity contribution is 5.97. The number of carbonyl (C=O) groups is 1. The van der Waals surface area contributed by atoms with Gasteiger partial charge in [-0.2, -0.15) is 0 Å². The van der Waals surface area contributed by atoms with E-state index < -0.39 is 0 Å². The quantitative estimate of drug-likeness (QED) is 0.296. The molecule has 0 bridgehead atoms. The number of H-pyrrole nitrogens is 1. The number of amides is 1. The summed E-state index contributed by atoms with van der Waals surface area (Å²) in [5, 5.41) is 2.83. The molecule has 0 atom stereocenters. The van der Waals surface area contributed by atoms with Gasteiger partial charge in [-0.3, -0.25) is 18.7 Å². The van der Waals surface area contributed by atoms with Crippen LogP contribution in [0.3, 0.4) is 0 Å². The smallest absolute Gasteiger partial charge is 0.331 e. The molecule has 0 saturated carbocycles. The van der Waals surface area contributed by atoms with Gasteiger partial charge in [0, 0.05) is 30.0 Å². The summed E-state index contributed by atoms with van der Waals surface area (Å²) in [6.45, 7) is 9.26. The SMILES string of the molecule is CCCn1c(=O)c2[nH]c(-c3ccc(OCC(=O)Nc4ccc(C5=NC(C)(C)CO5)cc4)cc3)cc2n(CCC)c1=O. The zero-order valence-electron chi connectivity index (χ0n) is 23.8. The number of nitrogens with one attached hydrogen (secondary N) is 2. The molecule has 1 aliphatic rings. The Balaban J connectivity index is 1.24. The molecule has 1 aliphatic heterocycles. The van der Waals surface area contributed by atoms with Gasteiger partial charge in [-0.1, -0.05) is 13.8 Å². The number of rotatable bonds is 10. The Labute approximate surface area is 237 Å². The highest BCUT2D eigenvalue weighted by Gasteiger charge is 2.27. The third-order valence-electron chi connectivity index (χ3n) is 6.82. The van der Waals surface area contributed by atoms with Crippen LogP contribution in [0.15, 0.2) is 69.2 Å². The van der Waals surface area contributed by atoms with Crippen molar-refractivity contribution in [2.24, 2.45) is 4.99 Å². The molecule has 10 heteroatoms. The highest BCUT2D eigenvalue weighted by atomic mass is 16.5. The van der Waals surface area contributed by atoms with E-state index >= 15 is 0 Å². The van der Waals surface area contributed by atoms with E-state index in [0.29, 0.717) is 54.5 Å². The van der Waals surface area contributed by atoms with Crippen molar-refractivity contribution in [3.05, 3.63) is 81.0 Å². The average molecular weight is 558 g/mol. The third-order valence-corrected chi connectivity index (χ3v) is 6.82. The standard InChI is InChI=1S/C31H35N5O5/c1-5-15-35-25-17-24(33-27(25)29(38)36(16-6-2)30(35)39)20-9-13-23(14-10-20)40-18-26(37)32-22-11-7-21(8-12-22)28-34-31(3,4)19-41-28/h7-14,17,33H,5-6,15-16,18-19H2,1-4H3,(H,32,37). The normalized spacial score (nSPS) is 14.1. The van der Waals surface area contributed by atoms with Crippen LogP contribution in [0.1, 0.15) is 46.1 Å². The molecule has 0 spiro atoms. The van der Waals surface area contributed by atoms with Crippen LogP contribution >= 0.6 is 0 Å². The number of hydrogen-bond acceptors (Lipinski definition) is 6. The largest absolute Gasteiger partial charge is 0.484 e. The van der Waals surface area contributed by atoms with E-state index in [4.69, 9.17) is 9.47 Å². The first-order valence-electron chi connectivity index (χ1n) is 13.9. The second kappa shape index (κ2) is 11.5. The summed E-state index contributed by atoms with van der Waals surface area (Å²) in [6.07, 6.45) is 1.46. The van der Waals surface area contributed by atoms with Gasteiger partial charge in [0.1, 0.15) is 17.9 Å². The van der Waals surface area contributed by atoms with Gasteiger partial charge in [-0.25, -0.2) is 9.79 Å². The maximum atomic E-state index is 13.0. The number of hydrogen-bond donors (Lipinski definition) is 2. The van der Waals surface area contributed by atoms with Gasteiger partial charge in [0.25, 0.3) is 11.5 Å². The number of nitrogens with zero attached hydrogens (tertiary/aromatic N) is 3. The predicted molar refractivity (Wildman–Crippen MR) is 160 cm³/mol. The molecule has 2 aromatic carbocycles. The second-order valence-electron chi connectivity index (χ2n) is 10.8. The monoisotopic (exact) mass is 557 g/mol. The molecule has 10 nitrogen and oxygen atoms in total. The van der Waals surface area contributed by atoms with E-state index in [2.05, 4.69) is 15.3 Å². The Bertz CT molecular complexity index is 1710. The number of aromatic amines is 1. The molecule has 4 aromatic rings. The number of aliphatic imine (C=N–C) groups is 1. The molecular weight excluding hydrogens is 522 g/mol. The molecule has 0 aliphatic carbocycles. The first-order chi connectivity index (χ1) is 19.7. The van der Waals surface area contributed by atoms with Crippen LogP contribution in [0, 0.1) is 0 Å². The van der Waals surface area contributed by atoms with Crippen molar-refractivity contribution in [3.63, 3.8) is 0 Å². The van der Waals surface area contributed by atoms with Crippen molar-refractivity contribution in [2.45, 2.75) is 59.2 Å². The van der Waals surface area contributed by atoms with Crippen molar-refractivity contribution in [1.82, 2.24) is 14.1 Å². The van der Waals surface area contributed by atoms with Crippen molar-refractivity contribution in [3.8, 4) is 17.0 Å². The molecular formula is C31H35N5O5. The zero-order chi connectivity index (χ0) is 29.1. The summed E-state index contributed by atoms with van der Waals surface area (Å²) in [6, 6.07) is 16.4. The van der Waals surface area contributed by atoms with Crippen LogP contribution in [0.5, 0.6) is 5.75 Å². The van der Waals surface area contributed by atoms with Crippen molar-refractivity contribution in [2.75, 3.05) is 18.5 Å². The summed E-state index contributed by atoms with van der Waals surface area (Å²) < 4.78 is 14.3. The van der Waals surface area contributed by atoms with Crippen LogP contribution < -0.4 is 21.3 Å². The summed E-state index contributed by atoms with van der Waals surface area (Å²) in [5.41, 5.74) is 3.25. The van der Waals surface area contributed by atoms with Gasteiger partial charge in [-0.15, -0.1) is 0 Å². The molecule has 2 N–H and O–H groups in total. The van der Waals surface area contributed by atoms with Gasteiger partial charge in [0.05, 0.1) is 11.1 Å². The molecule has 3 heterocycles. The van der Waals surface area contributed by atoms with Crippen LogP contribution in [0.25, 0.3) is 22.3 Å². The maximum Gasteiger partial charge on any atom is 0.331 e. The Morgan fingerprint density at radius 3 is 2.29 bits per heavy atom. The molecule has 0 saturated heterocycles. The highest BCUT2D eigenvalue weighted by Crippen LogP contribution is 2.25. The number of benzene rings is 2. The van der Waals surface area contributed by atoms with Crippen molar-refractivity contribution < 1.29 is 14.3 Å². The van der Waals surface area contributed by atoms with Crippen LogP contribution in [-0.4, -0.2) is 44.7 Å². The van der Waals surface area contributed by atoms with E-state index in [-0.39, 0.29) is 29.3 Å². The predicted octanol–water partition coefficient (Wildman–Crippen LogP) is 4.55. The van der Waals surface area contributed by atoms with E-state index in [0.717, 1.165) is 23.2 Å². The third kappa shape index (κ3) is 5.96. The maximum absolute atomic E-state index is 13.0. The molecule has 2 aromatic heterocycles. The van der Waals surface area contributed by atoms with E-state index in [1.165, 1.54) is 4.57 Å². The fourth-order valence-electron chi connectivity index (χ4n) is 4.81. The first-order valence-corrected chi connectivity index (χ1v) is 13.9. The lowest BCUT2D eigenvalue weighted by molar-refractivity contribution is -0.118. The Morgan fingerprint density at radius 1 is 1.00 bits per heavy atom. The summed E-state index contributed by atoms with van der Waals surface area (Å²) in [7, 11) is 0. The lowest BCUT2D eigenvalue weighted by atomic mass is 10.1. The van der Waals surface area contributed by atoms with Gasteiger partial charge < -0.3 is 19.8 Å². The van der Waals surface area contributed by atoms with Gasteiger partial charge >= 0.3 is 5.69 Å². The molecule has 0 unspecified atom stereocenters. The lowest BCUT2D eigenvalue weighted by Gasteiger charge is -2.10. The van der Waals surface area contributed by atoms with E-state index in [1.54, 1.807) is 28.8 Å². The van der Waals surface area contributed by atoms with Gasteiger partial charge in [-0.05, 0) is 86.8 Å². The molecule has 5 rings (SSSR count). The Hall–Kier alpha value is -4.60. The van der Waals surface area contributed by atoms with Crippen LogP contribution in [0.2, 0.25) is 0 Å². The number of anilines is 1. The molecule has 41 heavy (non-hydrogen) atoms. The van der Waals surface area contributed by atoms with E-state index in [1.807, 2.05) is 58.0 Å². The van der Waals surface area contributed by atoms with E-state index in [9.17, 15) is 14.4 Å². The van der Waals surface area contributed by atoms with Crippen LogP contribution in [-0.2, 0) is 22.6 Å². The first kappa shape index (κ1) is 27.9. The molecule has 0 radical (unpaired) electrons. The van der Waals surface area contributed by atoms with Gasteiger partial charge in [0.2, 0.25) is 5.90 Å². The Kier molecular flexibility index (Phi) is 7.83. The summed E-state index contributed by atoms with van der Waals surface area (Å²) in [4.78, 5) is 46.2. The summed E-state index contributed by atoms with van der Waals surface area (Å²) in [5.74, 6) is 0.851. The number of fused-ring (bicyclic) bond motifs is 1. The lowest BCUT2D eigenvalue weighted by Crippen LogP contribution is -2.39. The molecule has 214 valence electrons. The minimum absolute atomic E-state index is 0.155. The fourth-order valence-corrected chi connectivity index (χ4v) is 4.81. The molecule has 0 fully saturated rings. The van der Waals surface area contributed by atoms with Crippen molar-refractivity contribution >= 4 is 28.5 Å². The van der Waals surface area contributed by atoms with Crippen LogP contribution in [0.4, 0.5) is 5.69 Å². The fraction of sp³-hybridized carbons (Fsp3) is 0.355. The number of aryl methyl sites for hydroxylation is 1. The Morgan fingerprint density at radius 2 is 1.66 bits per heavy atom. The summed E-state index contributed by atoms with van der Waals surface area (Å²) >= 11 is 0. The number of ether oxygens (including phenoxy) is 2. The minimum Gasteiger partial charge on any atom is -0.484 e. The zero-order valence-corrected chi connectivity index (χ0v) is 23.8. The van der Waals surface area contributed by atoms with Crippen molar-refractivity contribution in [1.29, 1.82) is 0 Å². The number of carbonyl (C=O) groups excluding carboxylic acids is 1. The minimum atomic E-state index is -0.310. The number of aromatic nitrogens is 3. The average Bonchev–Trinajstić information content (AvgIpc) is 3.57. The topological polar surface area (TPSA) is 120 Å².